The third-order valence-corrected chi connectivity index (χ3v) is 4.19. The largest absolute Gasteiger partial charge is 0.389 e. The van der Waals surface area contributed by atoms with E-state index in [4.69, 9.17) is 16.3 Å². The van der Waals surface area contributed by atoms with Gasteiger partial charge in [-0.1, -0.05) is 13.8 Å². The third-order valence-electron chi connectivity index (χ3n) is 3.83. The first-order chi connectivity index (χ1) is 7.47. The van der Waals surface area contributed by atoms with Crippen LogP contribution in [0.2, 0.25) is 0 Å². The molecule has 1 aliphatic rings. The summed E-state index contributed by atoms with van der Waals surface area (Å²) in [5.74, 6) is 1.87. The third kappa shape index (κ3) is 4.23. The molecule has 2 nitrogen and oxygen atoms in total. The maximum absolute atomic E-state index is 9.39. The molecule has 0 heterocycles. The van der Waals surface area contributed by atoms with E-state index in [1.165, 1.54) is 12.8 Å². The van der Waals surface area contributed by atoms with Crippen molar-refractivity contribution < 1.29 is 9.84 Å². The van der Waals surface area contributed by atoms with Gasteiger partial charge in [-0.25, -0.2) is 0 Å². The van der Waals surface area contributed by atoms with Gasteiger partial charge in [-0.3, -0.25) is 0 Å². The van der Waals surface area contributed by atoms with Gasteiger partial charge in [0.25, 0.3) is 0 Å². The van der Waals surface area contributed by atoms with Crippen LogP contribution in [0.5, 0.6) is 0 Å². The molecule has 1 fully saturated rings. The lowest BCUT2D eigenvalue weighted by atomic mass is 9.75. The van der Waals surface area contributed by atoms with Crippen LogP contribution in [0.3, 0.4) is 0 Å². The Labute approximate surface area is 104 Å². The van der Waals surface area contributed by atoms with Gasteiger partial charge in [-0.2, -0.15) is 0 Å². The van der Waals surface area contributed by atoms with Crippen molar-refractivity contribution in [3.63, 3.8) is 0 Å². The molecule has 0 aromatic carbocycles. The summed E-state index contributed by atoms with van der Waals surface area (Å²) in [7, 11) is 0. The molecule has 16 heavy (non-hydrogen) atoms. The summed E-state index contributed by atoms with van der Waals surface area (Å²) in [6, 6.07) is 0. The van der Waals surface area contributed by atoms with Gasteiger partial charge < -0.3 is 9.84 Å². The molecule has 0 aromatic rings. The summed E-state index contributed by atoms with van der Waals surface area (Å²) in [5.41, 5.74) is -0.0432. The van der Waals surface area contributed by atoms with Crippen LogP contribution in [0.15, 0.2) is 0 Å². The second-order valence-corrected chi connectivity index (χ2v) is 5.96. The van der Waals surface area contributed by atoms with Crippen molar-refractivity contribution in [3.05, 3.63) is 0 Å². The van der Waals surface area contributed by atoms with Crippen LogP contribution < -0.4 is 0 Å². The van der Waals surface area contributed by atoms with Crippen LogP contribution in [0, 0.1) is 11.8 Å². The van der Waals surface area contributed by atoms with Gasteiger partial charge in [0.15, 0.2) is 0 Å². The van der Waals surface area contributed by atoms with Crippen LogP contribution >= 0.6 is 11.6 Å². The zero-order valence-corrected chi connectivity index (χ0v) is 11.5. The van der Waals surface area contributed by atoms with E-state index in [1.54, 1.807) is 0 Å². The summed E-state index contributed by atoms with van der Waals surface area (Å²) in [6.45, 7) is 7.12. The summed E-state index contributed by atoms with van der Waals surface area (Å²) >= 11 is 5.55. The van der Waals surface area contributed by atoms with Crippen molar-refractivity contribution in [1.82, 2.24) is 0 Å². The van der Waals surface area contributed by atoms with E-state index < -0.39 is 6.10 Å². The summed E-state index contributed by atoms with van der Waals surface area (Å²) in [6.07, 6.45) is 4.16. The van der Waals surface area contributed by atoms with Gasteiger partial charge in [-0.15, -0.1) is 11.6 Å². The molecule has 0 aliphatic heterocycles. The molecule has 0 saturated heterocycles. The number of ether oxygens (including phenoxy) is 1. The average Bonchev–Trinajstić information content (AvgIpc) is 2.26. The van der Waals surface area contributed by atoms with Crippen molar-refractivity contribution in [2.75, 3.05) is 12.5 Å². The maximum Gasteiger partial charge on any atom is 0.0908 e. The first-order valence-electron chi connectivity index (χ1n) is 6.35. The van der Waals surface area contributed by atoms with Crippen molar-refractivity contribution in [2.45, 2.75) is 58.2 Å². The van der Waals surface area contributed by atoms with Gasteiger partial charge in [0.1, 0.15) is 0 Å². The number of aliphatic hydroxyl groups is 1. The lowest BCUT2D eigenvalue weighted by molar-refractivity contribution is -0.0922. The van der Waals surface area contributed by atoms with Gasteiger partial charge >= 0.3 is 0 Å². The monoisotopic (exact) mass is 248 g/mol. The molecule has 1 atom stereocenters. The SMILES string of the molecule is CC(C)C1CCC(C)(OCC(O)CCl)CC1. The van der Waals surface area contributed by atoms with Crippen molar-refractivity contribution >= 4 is 11.6 Å². The molecule has 1 N–H and O–H groups in total. The van der Waals surface area contributed by atoms with E-state index in [1.807, 2.05) is 0 Å². The minimum absolute atomic E-state index is 0.0432. The Bertz CT molecular complexity index is 198. The van der Waals surface area contributed by atoms with E-state index in [9.17, 15) is 5.11 Å². The Morgan fingerprint density at radius 1 is 1.38 bits per heavy atom. The van der Waals surface area contributed by atoms with Gasteiger partial charge in [0.2, 0.25) is 0 Å². The van der Waals surface area contributed by atoms with Crippen LogP contribution in [-0.2, 0) is 4.74 Å². The Balaban J connectivity index is 2.32. The Morgan fingerprint density at radius 3 is 2.38 bits per heavy atom. The van der Waals surface area contributed by atoms with Crippen LogP contribution in [-0.4, -0.2) is 29.3 Å². The quantitative estimate of drug-likeness (QED) is 0.758. The molecule has 0 radical (unpaired) electrons. The molecular formula is C13H25ClO2. The molecule has 3 heteroatoms. The fourth-order valence-corrected chi connectivity index (χ4v) is 2.49. The molecular weight excluding hydrogens is 224 g/mol. The lowest BCUT2D eigenvalue weighted by Crippen LogP contribution is -2.37. The smallest absolute Gasteiger partial charge is 0.0908 e. The molecule has 1 rings (SSSR count). The van der Waals surface area contributed by atoms with Crippen molar-refractivity contribution in [3.8, 4) is 0 Å². The molecule has 1 saturated carbocycles. The van der Waals surface area contributed by atoms with Crippen LogP contribution in [0.4, 0.5) is 0 Å². The number of aliphatic hydroxyl groups excluding tert-OH is 1. The van der Waals surface area contributed by atoms with Gasteiger partial charge in [0.05, 0.1) is 24.2 Å². The first-order valence-corrected chi connectivity index (χ1v) is 6.88. The molecule has 0 amide bonds. The van der Waals surface area contributed by atoms with Crippen molar-refractivity contribution in [1.29, 1.82) is 0 Å². The molecule has 0 aromatic heterocycles. The standard InChI is InChI=1S/C13H25ClO2/c1-10(2)11-4-6-13(3,7-5-11)16-9-12(15)8-14/h10-12,15H,4-9H2,1-3H3. The predicted molar refractivity (Wildman–Crippen MR) is 67.9 cm³/mol. The van der Waals surface area contributed by atoms with Gasteiger partial charge in [0, 0.05) is 0 Å². The number of hydrogen-bond acceptors (Lipinski definition) is 2. The fraction of sp³-hybridized carbons (Fsp3) is 1.00. The minimum Gasteiger partial charge on any atom is -0.389 e. The lowest BCUT2D eigenvalue weighted by Gasteiger charge is -2.39. The normalized spacial score (nSPS) is 33.0. The number of halogens is 1. The van der Waals surface area contributed by atoms with Crippen molar-refractivity contribution in [2.24, 2.45) is 11.8 Å². The van der Waals surface area contributed by atoms with Crippen LogP contribution in [0.25, 0.3) is 0 Å². The highest BCUT2D eigenvalue weighted by molar-refractivity contribution is 6.18. The molecule has 0 spiro atoms. The second-order valence-electron chi connectivity index (χ2n) is 5.65. The van der Waals surface area contributed by atoms with E-state index >= 15 is 0 Å². The Morgan fingerprint density at radius 2 is 1.94 bits per heavy atom. The fourth-order valence-electron chi connectivity index (χ4n) is 2.40. The predicted octanol–water partition coefficient (Wildman–Crippen LogP) is 3.21. The summed E-state index contributed by atoms with van der Waals surface area (Å²) in [5, 5.41) is 9.39. The minimum atomic E-state index is -0.527. The summed E-state index contributed by atoms with van der Waals surface area (Å²) in [4.78, 5) is 0. The highest BCUT2D eigenvalue weighted by Crippen LogP contribution is 2.37. The highest BCUT2D eigenvalue weighted by Gasteiger charge is 2.33. The topological polar surface area (TPSA) is 29.5 Å². The van der Waals surface area contributed by atoms with E-state index in [-0.39, 0.29) is 11.5 Å². The van der Waals surface area contributed by atoms with E-state index in [2.05, 4.69) is 20.8 Å². The van der Waals surface area contributed by atoms with E-state index in [0.717, 1.165) is 24.7 Å². The average molecular weight is 249 g/mol. The Hall–Kier alpha value is 0.210. The Kier molecular flexibility index (Phi) is 5.55. The van der Waals surface area contributed by atoms with Crippen LogP contribution in [0.1, 0.15) is 46.5 Å². The molecule has 1 aliphatic carbocycles. The van der Waals surface area contributed by atoms with E-state index in [0.29, 0.717) is 6.61 Å². The number of alkyl halides is 1. The number of hydrogen-bond donors (Lipinski definition) is 1. The first kappa shape index (κ1) is 14.3. The maximum atomic E-state index is 9.39. The second kappa shape index (κ2) is 6.23. The molecule has 0 bridgehead atoms. The molecule has 1 unspecified atom stereocenters. The van der Waals surface area contributed by atoms with Gasteiger partial charge in [-0.05, 0) is 44.4 Å². The zero-order chi connectivity index (χ0) is 12.2. The highest BCUT2D eigenvalue weighted by atomic mass is 35.5. The number of rotatable bonds is 5. The summed E-state index contributed by atoms with van der Waals surface area (Å²) < 4.78 is 5.82. The zero-order valence-electron chi connectivity index (χ0n) is 10.7. The molecule has 96 valence electrons.